The number of nitrogens with one attached hydrogen (secondary N) is 1. The number of rotatable bonds is 4. The van der Waals surface area contributed by atoms with Crippen molar-refractivity contribution in [2.75, 3.05) is 13.1 Å². The minimum Gasteiger partial charge on any atom is -0.348 e. The molecule has 1 amide bonds. The van der Waals surface area contributed by atoms with Crippen molar-refractivity contribution in [3.05, 3.63) is 53.6 Å². The zero-order valence-electron chi connectivity index (χ0n) is 13.1. The Morgan fingerprint density at radius 3 is 2.86 bits per heavy atom. The number of benzene rings is 1. The number of likely N-dealkylation sites (tertiary alicyclic amines) is 1. The highest BCUT2D eigenvalue weighted by Gasteiger charge is 2.24. The van der Waals surface area contributed by atoms with Gasteiger partial charge in [0.15, 0.2) is 0 Å². The maximum absolute atomic E-state index is 12.4. The summed E-state index contributed by atoms with van der Waals surface area (Å²) in [6, 6.07) is 8.41. The SMILES string of the molecule is Cc1cccc(CCC(=O)N2CCC(c3ncc[nH]3)CC2)c1. The first-order valence-corrected chi connectivity index (χ1v) is 8.05. The van der Waals surface area contributed by atoms with Gasteiger partial charge in [-0.25, -0.2) is 4.98 Å². The van der Waals surface area contributed by atoms with Gasteiger partial charge >= 0.3 is 0 Å². The summed E-state index contributed by atoms with van der Waals surface area (Å²) in [6.45, 7) is 3.78. The molecule has 1 aromatic carbocycles. The van der Waals surface area contributed by atoms with Crippen molar-refractivity contribution in [2.24, 2.45) is 0 Å². The second kappa shape index (κ2) is 6.77. The molecule has 22 heavy (non-hydrogen) atoms. The fourth-order valence-corrected chi connectivity index (χ4v) is 3.18. The molecule has 0 bridgehead atoms. The standard InChI is InChI=1S/C18H23N3O/c1-14-3-2-4-15(13-14)5-6-17(22)21-11-7-16(8-12-21)18-19-9-10-20-18/h2-4,9-10,13,16H,5-8,11-12H2,1H3,(H,19,20). The van der Waals surface area contributed by atoms with Gasteiger partial charge in [-0.05, 0) is 31.7 Å². The summed E-state index contributed by atoms with van der Waals surface area (Å²) in [5.41, 5.74) is 2.50. The number of imidazole rings is 1. The first-order valence-electron chi connectivity index (χ1n) is 8.05. The van der Waals surface area contributed by atoms with E-state index in [1.807, 2.05) is 11.1 Å². The molecule has 116 valence electrons. The van der Waals surface area contributed by atoms with Crippen molar-refractivity contribution >= 4 is 5.91 Å². The van der Waals surface area contributed by atoms with Gasteiger partial charge in [-0.1, -0.05) is 29.8 Å². The van der Waals surface area contributed by atoms with Crippen LogP contribution >= 0.6 is 0 Å². The molecule has 4 nitrogen and oxygen atoms in total. The highest BCUT2D eigenvalue weighted by Crippen LogP contribution is 2.25. The van der Waals surface area contributed by atoms with Gasteiger partial charge in [0.25, 0.3) is 0 Å². The van der Waals surface area contributed by atoms with Crippen LogP contribution in [0.1, 0.15) is 42.1 Å². The molecule has 3 rings (SSSR count). The van der Waals surface area contributed by atoms with E-state index < -0.39 is 0 Å². The van der Waals surface area contributed by atoms with E-state index >= 15 is 0 Å². The van der Waals surface area contributed by atoms with Crippen molar-refractivity contribution in [3.63, 3.8) is 0 Å². The van der Waals surface area contributed by atoms with E-state index in [0.717, 1.165) is 38.2 Å². The second-order valence-corrected chi connectivity index (χ2v) is 6.12. The van der Waals surface area contributed by atoms with Gasteiger partial charge in [-0.3, -0.25) is 4.79 Å². The van der Waals surface area contributed by atoms with Crippen molar-refractivity contribution in [3.8, 4) is 0 Å². The van der Waals surface area contributed by atoms with Crippen molar-refractivity contribution < 1.29 is 4.79 Å². The van der Waals surface area contributed by atoms with Crippen LogP contribution in [0.15, 0.2) is 36.7 Å². The van der Waals surface area contributed by atoms with Crippen molar-refractivity contribution in [2.45, 2.75) is 38.5 Å². The summed E-state index contributed by atoms with van der Waals surface area (Å²) < 4.78 is 0. The van der Waals surface area contributed by atoms with E-state index in [-0.39, 0.29) is 5.91 Å². The van der Waals surface area contributed by atoms with Crippen LogP contribution in [0.2, 0.25) is 0 Å². The average Bonchev–Trinajstić information content (AvgIpc) is 3.07. The van der Waals surface area contributed by atoms with Gasteiger partial charge < -0.3 is 9.88 Å². The fraction of sp³-hybridized carbons (Fsp3) is 0.444. The molecular weight excluding hydrogens is 274 g/mol. The first kappa shape index (κ1) is 14.8. The molecule has 1 N–H and O–H groups in total. The number of hydrogen-bond acceptors (Lipinski definition) is 2. The van der Waals surface area contributed by atoms with Crippen LogP contribution in [0.3, 0.4) is 0 Å². The number of aromatic amines is 1. The van der Waals surface area contributed by atoms with Gasteiger partial charge in [0.1, 0.15) is 5.82 Å². The number of hydrogen-bond donors (Lipinski definition) is 1. The summed E-state index contributed by atoms with van der Waals surface area (Å²) in [5.74, 6) is 1.81. The lowest BCUT2D eigenvalue weighted by Crippen LogP contribution is -2.38. The summed E-state index contributed by atoms with van der Waals surface area (Å²) in [4.78, 5) is 21.9. The average molecular weight is 297 g/mol. The van der Waals surface area contributed by atoms with Gasteiger partial charge in [-0.2, -0.15) is 0 Å². The Bertz CT molecular complexity index is 613. The zero-order valence-corrected chi connectivity index (χ0v) is 13.1. The number of aryl methyl sites for hydroxylation is 2. The summed E-state index contributed by atoms with van der Waals surface area (Å²) in [6.07, 6.45) is 7.12. The second-order valence-electron chi connectivity index (χ2n) is 6.12. The van der Waals surface area contributed by atoms with E-state index in [2.05, 4.69) is 41.2 Å². The first-order chi connectivity index (χ1) is 10.7. The van der Waals surface area contributed by atoms with Crippen LogP contribution in [0.25, 0.3) is 0 Å². The third-order valence-electron chi connectivity index (χ3n) is 4.46. The van der Waals surface area contributed by atoms with E-state index in [0.29, 0.717) is 12.3 Å². The van der Waals surface area contributed by atoms with Gasteiger partial charge in [0, 0.05) is 37.8 Å². The maximum Gasteiger partial charge on any atom is 0.222 e. The Labute approximate surface area is 131 Å². The van der Waals surface area contributed by atoms with E-state index in [4.69, 9.17) is 0 Å². The lowest BCUT2D eigenvalue weighted by molar-refractivity contribution is -0.132. The highest BCUT2D eigenvalue weighted by molar-refractivity contribution is 5.76. The minimum absolute atomic E-state index is 0.277. The van der Waals surface area contributed by atoms with Crippen molar-refractivity contribution in [1.82, 2.24) is 14.9 Å². The largest absolute Gasteiger partial charge is 0.348 e. The van der Waals surface area contributed by atoms with Crippen LogP contribution in [0, 0.1) is 6.92 Å². The molecule has 4 heteroatoms. The number of carbonyl (C=O) groups is 1. The molecule has 0 saturated carbocycles. The van der Waals surface area contributed by atoms with Crippen LogP contribution < -0.4 is 0 Å². The molecule has 0 atom stereocenters. The molecule has 1 saturated heterocycles. The number of amides is 1. The molecule has 1 aliphatic heterocycles. The Balaban J connectivity index is 1.48. The molecule has 0 radical (unpaired) electrons. The topological polar surface area (TPSA) is 49.0 Å². The number of carbonyl (C=O) groups excluding carboxylic acids is 1. The molecule has 0 spiro atoms. The molecular formula is C18H23N3O. The molecule has 2 aromatic rings. The Hall–Kier alpha value is -2.10. The maximum atomic E-state index is 12.4. The summed E-state index contributed by atoms with van der Waals surface area (Å²) in [7, 11) is 0. The highest BCUT2D eigenvalue weighted by atomic mass is 16.2. The van der Waals surface area contributed by atoms with Gasteiger partial charge in [-0.15, -0.1) is 0 Å². The lowest BCUT2D eigenvalue weighted by Gasteiger charge is -2.31. The van der Waals surface area contributed by atoms with Gasteiger partial charge in [0.2, 0.25) is 5.91 Å². The third-order valence-corrected chi connectivity index (χ3v) is 4.46. The van der Waals surface area contributed by atoms with E-state index in [1.165, 1.54) is 11.1 Å². The van der Waals surface area contributed by atoms with E-state index in [1.54, 1.807) is 6.20 Å². The number of nitrogens with zero attached hydrogens (tertiary/aromatic N) is 2. The number of piperidine rings is 1. The minimum atomic E-state index is 0.277. The molecule has 1 aliphatic rings. The molecule has 2 heterocycles. The normalized spacial score (nSPS) is 16.0. The van der Waals surface area contributed by atoms with E-state index in [9.17, 15) is 4.79 Å². The molecule has 0 unspecified atom stereocenters. The number of aromatic nitrogens is 2. The molecule has 0 aliphatic carbocycles. The lowest BCUT2D eigenvalue weighted by atomic mass is 9.95. The van der Waals surface area contributed by atoms with Crippen LogP contribution in [0.5, 0.6) is 0 Å². The Morgan fingerprint density at radius 1 is 1.36 bits per heavy atom. The Morgan fingerprint density at radius 2 is 2.18 bits per heavy atom. The third kappa shape index (κ3) is 3.56. The predicted octanol–water partition coefficient (Wildman–Crippen LogP) is 3.06. The van der Waals surface area contributed by atoms with Crippen LogP contribution in [-0.2, 0) is 11.2 Å². The van der Waals surface area contributed by atoms with Crippen molar-refractivity contribution in [1.29, 1.82) is 0 Å². The summed E-state index contributed by atoms with van der Waals surface area (Å²) in [5, 5.41) is 0. The quantitative estimate of drug-likeness (QED) is 0.943. The van der Waals surface area contributed by atoms with Crippen LogP contribution in [0.4, 0.5) is 0 Å². The predicted molar refractivity (Wildman–Crippen MR) is 86.6 cm³/mol. The number of H-pyrrole nitrogens is 1. The monoisotopic (exact) mass is 297 g/mol. The summed E-state index contributed by atoms with van der Waals surface area (Å²) >= 11 is 0. The molecule has 1 fully saturated rings. The smallest absolute Gasteiger partial charge is 0.222 e. The van der Waals surface area contributed by atoms with Crippen LogP contribution in [-0.4, -0.2) is 33.9 Å². The van der Waals surface area contributed by atoms with Gasteiger partial charge in [0.05, 0.1) is 0 Å². The fourth-order valence-electron chi connectivity index (χ4n) is 3.18. The Kier molecular flexibility index (Phi) is 4.56. The zero-order chi connectivity index (χ0) is 15.4. The molecule has 1 aromatic heterocycles.